The Kier molecular flexibility index (Phi) is 7.05. The predicted octanol–water partition coefficient (Wildman–Crippen LogP) is 0.652. The van der Waals surface area contributed by atoms with Crippen LogP contribution in [0.3, 0.4) is 0 Å². The van der Waals surface area contributed by atoms with Crippen LogP contribution in [0, 0.1) is 5.92 Å². The number of rotatable bonds is 9. The normalized spacial score (nSPS) is 24.3. The van der Waals surface area contributed by atoms with Crippen molar-refractivity contribution < 1.29 is 14.6 Å². The monoisotopic (exact) mass is 404 g/mol. The van der Waals surface area contributed by atoms with Gasteiger partial charge in [0.25, 0.3) is 0 Å². The van der Waals surface area contributed by atoms with Gasteiger partial charge in [0.1, 0.15) is 5.82 Å². The lowest BCUT2D eigenvalue weighted by Crippen LogP contribution is -2.37. The number of imidazole rings is 1. The summed E-state index contributed by atoms with van der Waals surface area (Å²) in [5.41, 5.74) is 1.90. The fraction of sp³-hybridized carbons (Fsp3) is 0.650. The Labute approximate surface area is 171 Å². The van der Waals surface area contributed by atoms with Crippen LogP contribution in [0.1, 0.15) is 49.3 Å². The molecule has 1 fully saturated rings. The van der Waals surface area contributed by atoms with Gasteiger partial charge in [-0.25, -0.2) is 4.98 Å². The number of aromatic amines is 1. The molecule has 1 amide bonds. The summed E-state index contributed by atoms with van der Waals surface area (Å²) in [6.45, 7) is 5.61. The largest absolute Gasteiger partial charge is 0.392 e. The Morgan fingerprint density at radius 1 is 1.48 bits per heavy atom. The van der Waals surface area contributed by atoms with E-state index in [0.29, 0.717) is 26.1 Å². The molecule has 9 nitrogen and oxygen atoms in total. The molecule has 9 heteroatoms. The van der Waals surface area contributed by atoms with Gasteiger partial charge >= 0.3 is 0 Å². The molecule has 3 rings (SSSR count). The highest BCUT2D eigenvalue weighted by Crippen LogP contribution is 2.39. The van der Waals surface area contributed by atoms with E-state index in [1.165, 1.54) is 0 Å². The van der Waals surface area contributed by atoms with Gasteiger partial charge in [0.05, 0.1) is 24.3 Å². The average molecular weight is 405 g/mol. The maximum absolute atomic E-state index is 12.7. The van der Waals surface area contributed by atoms with Crippen molar-refractivity contribution >= 4 is 5.91 Å². The molecule has 2 aromatic rings. The van der Waals surface area contributed by atoms with Gasteiger partial charge in [0.15, 0.2) is 0 Å². The third-order valence-electron chi connectivity index (χ3n) is 5.65. The topological polar surface area (TPSA) is 117 Å². The summed E-state index contributed by atoms with van der Waals surface area (Å²) >= 11 is 0. The number of amides is 1. The molecule has 0 aromatic carbocycles. The van der Waals surface area contributed by atoms with Gasteiger partial charge in [-0.3, -0.25) is 9.48 Å². The van der Waals surface area contributed by atoms with Gasteiger partial charge in [-0.05, 0) is 12.5 Å². The first-order chi connectivity index (χ1) is 13.9. The van der Waals surface area contributed by atoms with Crippen LogP contribution in [-0.2, 0) is 23.1 Å². The molecule has 0 unspecified atom stereocenters. The molecule has 2 aromatic heterocycles. The van der Waals surface area contributed by atoms with Gasteiger partial charge in [-0.15, -0.1) is 0 Å². The Hall–Kier alpha value is -2.23. The van der Waals surface area contributed by atoms with Gasteiger partial charge in [0.2, 0.25) is 5.91 Å². The molecule has 4 N–H and O–H groups in total. The summed E-state index contributed by atoms with van der Waals surface area (Å²) in [6.07, 6.45) is 3.28. The second-order valence-corrected chi connectivity index (χ2v) is 7.95. The van der Waals surface area contributed by atoms with E-state index in [9.17, 15) is 9.90 Å². The van der Waals surface area contributed by atoms with Crippen molar-refractivity contribution in [2.75, 3.05) is 20.3 Å². The van der Waals surface area contributed by atoms with E-state index in [0.717, 1.165) is 17.2 Å². The summed E-state index contributed by atoms with van der Waals surface area (Å²) in [4.78, 5) is 20.5. The van der Waals surface area contributed by atoms with Crippen molar-refractivity contribution in [2.24, 2.45) is 13.0 Å². The summed E-state index contributed by atoms with van der Waals surface area (Å²) < 4.78 is 6.81. The molecule has 0 saturated heterocycles. The minimum atomic E-state index is -0.804. The van der Waals surface area contributed by atoms with E-state index in [1.807, 2.05) is 17.8 Å². The number of nitrogens with zero attached hydrogens (tertiary/aromatic N) is 3. The first-order valence-electron chi connectivity index (χ1n) is 10.1. The number of methoxy groups -OCH3 is 1. The molecule has 1 saturated carbocycles. The Balaban J connectivity index is 1.77. The maximum atomic E-state index is 12.7. The number of aryl methyl sites for hydroxylation is 1. The van der Waals surface area contributed by atoms with Gasteiger partial charge in [-0.1, -0.05) is 13.8 Å². The first-order valence-corrected chi connectivity index (χ1v) is 10.1. The highest BCUT2D eigenvalue weighted by molar-refractivity contribution is 5.80. The van der Waals surface area contributed by atoms with Crippen LogP contribution in [0.5, 0.6) is 0 Å². The first kappa shape index (κ1) is 21.5. The van der Waals surface area contributed by atoms with E-state index in [4.69, 9.17) is 4.74 Å². The van der Waals surface area contributed by atoms with Crippen molar-refractivity contribution in [3.63, 3.8) is 0 Å². The summed E-state index contributed by atoms with van der Waals surface area (Å²) in [5.74, 6) is 0.253. The number of aromatic nitrogens is 4. The quantitative estimate of drug-likeness (QED) is 0.456. The zero-order valence-electron chi connectivity index (χ0n) is 17.6. The fourth-order valence-corrected chi connectivity index (χ4v) is 3.95. The minimum Gasteiger partial charge on any atom is -0.392 e. The lowest BCUT2D eigenvalue weighted by molar-refractivity contribution is -0.127. The molecule has 0 radical (unpaired) electrons. The zero-order valence-corrected chi connectivity index (χ0v) is 17.6. The van der Waals surface area contributed by atoms with Crippen molar-refractivity contribution in [1.29, 1.82) is 0 Å². The molecule has 160 valence electrons. The number of hydrogen-bond acceptors (Lipinski definition) is 6. The number of carbonyl (C=O) groups is 1. The van der Waals surface area contributed by atoms with Crippen molar-refractivity contribution in [3.05, 3.63) is 35.7 Å². The molecular weight excluding hydrogens is 372 g/mol. The molecule has 2 heterocycles. The number of H-pyrrole nitrogens is 1. The van der Waals surface area contributed by atoms with Crippen molar-refractivity contribution in [1.82, 2.24) is 30.4 Å². The Morgan fingerprint density at radius 3 is 2.90 bits per heavy atom. The molecule has 0 spiro atoms. The average Bonchev–Trinajstić information content (AvgIpc) is 3.39. The molecule has 4 atom stereocenters. The van der Waals surface area contributed by atoms with Crippen LogP contribution in [0.4, 0.5) is 0 Å². The summed E-state index contributed by atoms with van der Waals surface area (Å²) in [7, 11) is 3.49. The van der Waals surface area contributed by atoms with Crippen LogP contribution >= 0.6 is 0 Å². The minimum absolute atomic E-state index is 0.0708. The molecule has 1 aliphatic carbocycles. The van der Waals surface area contributed by atoms with Gasteiger partial charge in [0, 0.05) is 63.2 Å². The fourth-order valence-electron chi connectivity index (χ4n) is 3.95. The SMILES string of the molecule is COCCNC(=O)[C@H]1C[C@@H](NCc2ccnn2C)[C@H](c2cnc(C(C)C)[nH]2)[C@@H]1O. The number of aliphatic hydroxyl groups is 1. The van der Waals surface area contributed by atoms with Crippen LogP contribution in [0.15, 0.2) is 18.5 Å². The van der Waals surface area contributed by atoms with E-state index in [-0.39, 0.29) is 23.8 Å². The molecule has 29 heavy (non-hydrogen) atoms. The maximum Gasteiger partial charge on any atom is 0.225 e. The molecule has 0 aliphatic heterocycles. The lowest BCUT2D eigenvalue weighted by Gasteiger charge is -2.22. The predicted molar refractivity (Wildman–Crippen MR) is 108 cm³/mol. The van der Waals surface area contributed by atoms with Gasteiger partial charge in [-0.2, -0.15) is 5.10 Å². The molecule has 1 aliphatic rings. The zero-order chi connectivity index (χ0) is 21.0. The van der Waals surface area contributed by atoms with Crippen LogP contribution in [-0.4, -0.2) is 63.2 Å². The Morgan fingerprint density at radius 2 is 2.28 bits per heavy atom. The second kappa shape index (κ2) is 9.51. The Bertz CT molecular complexity index is 802. The number of carbonyl (C=O) groups excluding carboxylic acids is 1. The highest BCUT2D eigenvalue weighted by Gasteiger charge is 2.47. The third kappa shape index (κ3) is 4.85. The van der Waals surface area contributed by atoms with E-state index in [1.54, 1.807) is 19.5 Å². The lowest BCUT2D eigenvalue weighted by atomic mass is 9.96. The number of hydrogen-bond donors (Lipinski definition) is 4. The van der Waals surface area contributed by atoms with Crippen LogP contribution in [0.2, 0.25) is 0 Å². The highest BCUT2D eigenvalue weighted by atomic mass is 16.5. The molecule has 0 bridgehead atoms. The van der Waals surface area contributed by atoms with Crippen LogP contribution in [0.25, 0.3) is 0 Å². The van der Waals surface area contributed by atoms with Crippen molar-refractivity contribution in [3.8, 4) is 0 Å². The van der Waals surface area contributed by atoms with Crippen molar-refractivity contribution in [2.45, 2.75) is 50.8 Å². The standard InChI is InChI=1S/C20H32N6O3/c1-12(2)19-23-11-16(25-19)17-15(22-10-13-5-6-24-26(13)3)9-14(18(17)27)20(28)21-7-8-29-4/h5-6,11-12,14-15,17-18,22,27H,7-10H2,1-4H3,(H,21,28)(H,23,25)/t14-,15+,17+,18+/m0/s1. The number of nitrogens with one attached hydrogen (secondary N) is 3. The second-order valence-electron chi connectivity index (χ2n) is 7.95. The van der Waals surface area contributed by atoms with Gasteiger partial charge < -0.3 is 25.5 Å². The summed E-state index contributed by atoms with van der Waals surface area (Å²) in [6, 6.07) is 1.88. The number of ether oxygens (including phenoxy) is 1. The van der Waals surface area contributed by atoms with E-state index < -0.39 is 12.0 Å². The van der Waals surface area contributed by atoms with E-state index in [2.05, 4.69) is 39.5 Å². The van der Waals surface area contributed by atoms with E-state index >= 15 is 0 Å². The molecular formula is C20H32N6O3. The smallest absolute Gasteiger partial charge is 0.225 e. The van der Waals surface area contributed by atoms with Crippen LogP contribution < -0.4 is 10.6 Å². The summed E-state index contributed by atoms with van der Waals surface area (Å²) in [5, 5.41) is 21.6. The number of aliphatic hydroxyl groups excluding tert-OH is 1. The third-order valence-corrected chi connectivity index (χ3v) is 5.65.